The Labute approximate surface area is 66.3 Å². The number of benzene rings is 1. The van der Waals surface area contributed by atoms with Gasteiger partial charge in [-0.15, -0.1) is 0 Å². The Hall–Kier alpha value is -1.22. The first-order valence-electron chi connectivity index (χ1n) is 3.37. The zero-order valence-electron chi connectivity index (χ0n) is 6.74. The summed E-state index contributed by atoms with van der Waals surface area (Å²) in [4.78, 5) is 4.97. The number of hydrogen-bond donors (Lipinski definition) is 1. The third kappa shape index (κ3) is 1.85. The normalized spacial score (nSPS) is 9.64. The summed E-state index contributed by atoms with van der Waals surface area (Å²) in [5, 5.41) is 1.67. The van der Waals surface area contributed by atoms with Crippen LogP contribution in [0.4, 0.5) is 11.4 Å². The molecule has 0 radical (unpaired) electrons. The molecule has 60 valence electrons. The van der Waals surface area contributed by atoms with Crippen molar-refractivity contribution >= 4 is 11.4 Å². The van der Waals surface area contributed by atoms with E-state index in [2.05, 4.69) is 0 Å². The summed E-state index contributed by atoms with van der Waals surface area (Å²) >= 11 is 0. The highest BCUT2D eigenvalue weighted by molar-refractivity contribution is 5.51. The molecule has 11 heavy (non-hydrogen) atoms. The van der Waals surface area contributed by atoms with Crippen LogP contribution < -0.4 is 10.8 Å². The molecule has 3 heteroatoms. The van der Waals surface area contributed by atoms with E-state index in [1.165, 1.54) is 0 Å². The van der Waals surface area contributed by atoms with Crippen molar-refractivity contribution in [1.82, 2.24) is 0 Å². The van der Waals surface area contributed by atoms with Crippen LogP contribution >= 0.6 is 0 Å². The first-order chi connectivity index (χ1) is 5.24. The van der Waals surface area contributed by atoms with Gasteiger partial charge in [-0.05, 0) is 24.3 Å². The van der Waals surface area contributed by atoms with Gasteiger partial charge in [-0.25, -0.2) is 0 Å². The average Bonchev–Trinajstić information content (AvgIpc) is 2.05. The lowest BCUT2D eigenvalue weighted by molar-refractivity contribution is 0.185. The molecule has 0 unspecified atom stereocenters. The average molecular weight is 152 g/mol. The molecule has 0 aliphatic rings. The molecule has 0 aromatic heterocycles. The molecule has 0 aliphatic carbocycles. The number of nitrogens with zero attached hydrogens (tertiary/aromatic N) is 1. The lowest BCUT2D eigenvalue weighted by Crippen LogP contribution is -2.14. The third-order valence-corrected chi connectivity index (χ3v) is 1.53. The Bertz CT molecular complexity index is 220. The number of hydrogen-bond acceptors (Lipinski definition) is 3. The van der Waals surface area contributed by atoms with Crippen LogP contribution in [0.5, 0.6) is 0 Å². The van der Waals surface area contributed by atoms with Crippen LogP contribution in [0.1, 0.15) is 0 Å². The van der Waals surface area contributed by atoms with Gasteiger partial charge in [-0.1, -0.05) is 0 Å². The lowest BCUT2D eigenvalue weighted by Gasteiger charge is -2.15. The van der Waals surface area contributed by atoms with Crippen molar-refractivity contribution in [2.45, 2.75) is 0 Å². The topological polar surface area (TPSA) is 38.5 Å². The molecular formula is C8H12N2O. The van der Waals surface area contributed by atoms with Crippen LogP contribution in [0.2, 0.25) is 0 Å². The van der Waals surface area contributed by atoms with Gasteiger partial charge in [0.1, 0.15) is 0 Å². The fraction of sp³-hybridized carbons (Fsp3) is 0.250. The molecule has 0 atom stereocenters. The van der Waals surface area contributed by atoms with E-state index in [1.807, 2.05) is 31.3 Å². The molecule has 0 bridgehead atoms. The molecule has 0 saturated heterocycles. The minimum Gasteiger partial charge on any atom is -0.399 e. The number of nitrogens with two attached hydrogens (primary N) is 1. The monoisotopic (exact) mass is 152 g/mol. The maximum absolute atomic E-state index is 5.51. The summed E-state index contributed by atoms with van der Waals surface area (Å²) < 4.78 is 0. The lowest BCUT2D eigenvalue weighted by atomic mass is 10.3. The van der Waals surface area contributed by atoms with Crippen molar-refractivity contribution in [2.24, 2.45) is 0 Å². The molecule has 0 aliphatic heterocycles. The van der Waals surface area contributed by atoms with Crippen molar-refractivity contribution < 1.29 is 4.84 Å². The van der Waals surface area contributed by atoms with Gasteiger partial charge in [0.05, 0.1) is 12.8 Å². The van der Waals surface area contributed by atoms with E-state index in [-0.39, 0.29) is 0 Å². The second-order valence-corrected chi connectivity index (χ2v) is 2.27. The zero-order chi connectivity index (χ0) is 8.27. The van der Waals surface area contributed by atoms with Crippen LogP contribution in [0, 0.1) is 0 Å². The highest BCUT2D eigenvalue weighted by Gasteiger charge is 1.95. The summed E-state index contributed by atoms with van der Waals surface area (Å²) in [6.45, 7) is 0. The molecule has 3 nitrogen and oxygen atoms in total. The molecule has 1 aromatic carbocycles. The quantitative estimate of drug-likeness (QED) is 0.512. The minimum absolute atomic E-state index is 0.762. The van der Waals surface area contributed by atoms with Gasteiger partial charge >= 0.3 is 0 Å². The van der Waals surface area contributed by atoms with E-state index in [0.717, 1.165) is 11.4 Å². The fourth-order valence-corrected chi connectivity index (χ4v) is 0.790. The van der Waals surface area contributed by atoms with Gasteiger partial charge in [0.25, 0.3) is 0 Å². The Kier molecular flexibility index (Phi) is 2.33. The van der Waals surface area contributed by atoms with E-state index >= 15 is 0 Å². The Morgan fingerprint density at radius 1 is 1.27 bits per heavy atom. The van der Waals surface area contributed by atoms with Crippen molar-refractivity contribution in [3.63, 3.8) is 0 Å². The fourth-order valence-electron chi connectivity index (χ4n) is 0.790. The number of hydroxylamine groups is 1. The summed E-state index contributed by atoms with van der Waals surface area (Å²) in [5.74, 6) is 0. The van der Waals surface area contributed by atoms with Crippen LogP contribution in [0.3, 0.4) is 0 Å². The van der Waals surface area contributed by atoms with Crippen molar-refractivity contribution in [3.8, 4) is 0 Å². The predicted octanol–water partition coefficient (Wildman–Crippen LogP) is 1.27. The molecule has 1 rings (SSSR count). The zero-order valence-corrected chi connectivity index (χ0v) is 6.74. The summed E-state index contributed by atoms with van der Waals surface area (Å²) in [6.07, 6.45) is 0. The van der Waals surface area contributed by atoms with E-state index in [9.17, 15) is 0 Å². The summed E-state index contributed by atoms with van der Waals surface area (Å²) in [5.41, 5.74) is 7.26. The van der Waals surface area contributed by atoms with Crippen molar-refractivity contribution in [2.75, 3.05) is 25.0 Å². The van der Waals surface area contributed by atoms with Crippen LogP contribution in [-0.2, 0) is 4.84 Å². The van der Waals surface area contributed by atoms with Gasteiger partial charge in [0.2, 0.25) is 0 Å². The summed E-state index contributed by atoms with van der Waals surface area (Å²) in [6, 6.07) is 7.48. The number of nitrogen functional groups attached to an aromatic ring is 1. The standard InChI is InChI=1S/C8H12N2O/c1-10(11-2)8-5-3-7(9)4-6-8/h3-6H,9H2,1-2H3. The van der Waals surface area contributed by atoms with Crippen LogP contribution in [0.15, 0.2) is 24.3 Å². The molecule has 1 aromatic rings. The van der Waals surface area contributed by atoms with Gasteiger partial charge < -0.3 is 5.73 Å². The highest BCUT2D eigenvalue weighted by Crippen LogP contribution is 2.13. The maximum atomic E-state index is 5.51. The molecule has 0 amide bonds. The second-order valence-electron chi connectivity index (χ2n) is 2.27. The highest BCUT2D eigenvalue weighted by atomic mass is 16.7. The SMILES string of the molecule is CON(C)c1ccc(N)cc1. The van der Waals surface area contributed by atoms with E-state index in [0.29, 0.717) is 0 Å². The third-order valence-electron chi connectivity index (χ3n) is 1.53. The molecule has 0 fully saturated rings. The first-order valence-corrected chi connectivity index (χ1v) is 3.37. The molecule has 0 heterocycles. The molecule has 2 N–H and O–H groups in total. The Morgan fingerprint density at radius 2 is 1.82 bits per heavy atom. The number of anilines is 2. The molecule has 0 spiro atoms. The van der Waals surface area contributed by atoms with Gasteiger partial charge in [0, 0.05) is 12.7 Å². The van der Waals surface area contributed by atoms with Gasteiger partial charge in [-0.3, -0.25) is 9.90 Å². The van der Waals surface area contributed by atoms with Gasteiger partial charge in [-0.2, -0.15) is 0 Å². The maximum Gasteiger partial charge on any atom is 0.0638 e. The molecule has 0 saturated carbocycles. The van der Waals surface area contributed by atoms with Gasteiger partial charge in [0.15, 0.2) is 0 Å². The Balaban J connectivity index is 2.81. The van der Waals surface area contributed by atoms with Crippen LogP contribution in [0.25, 0.3) is 0 Å². The second kappa shape index (κ2) is 3.25. The minimum atomic E-state index is 0.762. The van der Waals surface area contributed by atoms with Crippen LogP contribution in [-0.4, -0.2) is 14.2 Å². The van der Waals surface area contributed by atoms with E-state index in [1.54, 1.807) is 12.2 Å². The summed E-state index contributed by atoms with van der Waals surface area (Å²) in [7, 11) is 3.46. The van der Waals surface area contributed by atoms with Crippen molar-refractivity contribution in [3.05, 3.63) is 24.3 Å². The van der Waals surface area contributed by atoms with E-state index in [4.69, 9.17) is 10.6 Å². The smallest absolute Gasteiger partial charge is 0.0638 e. The number of rotatable bonds is 2. The first kappa shape index (κ1) is 7.88. The van der Waals surface area contributed by atoms with Crippen molar-refractivity contribution in [1.29, 1.82) is 0 Å². The predicted molar refractivity (Wildman–Crippen MR) is 46.3 cm³/mol. The van der Waals surface area contributed by atoms with E-state index < -0.39 is 0 Å². The molecular weight excluding hydrogens is 140 g/mol. The Morgan fingerprint density at radius 3 is 2.27 bits per heavy atom. The largest absolute Gasteiger partial charge is 0.399 e.